The summed E-state index contributed by atoms with van der Waals surface area (Å²) in [6.45, 7) is 5.60. The third-order valence-electron chi connectivity index (χ3n) is 2.73. The van der Waals surface area contributed by atoms with E-state index in [0.717, 1.165) is 17.2 Å². The van der Waals surface area contributed by atoms with Crippen molar-refractivity contribution in [2.75, 3.05) is 0 Å². The molecule has 0 radical (unpaired) electrons. The van der Waals surface area contributed by atoms with Crippen LogP contribution in [0.3, 0.4) is 0 Å². The van der Waals surface area contributed by atoms with E-state index in [1.165, 1.54) is 0 Å². The zero-order chi connectivity index (χ0) is 11.9. The topological polar surface area (TPSA) is 39.8 Å². The van der Waals surface area contributed by atoms with Crippen LogP contribution in [0.1, 0.15) is 28.8 Å². The molecule has 0 bridgehead atoms. The van der Waals surface area contributed by atoms with Crippen molar-refractivity contribution in [1.29, 1.82) is 0 Å². The molecule has 0 unspecified atom stereocenters. The van der Waals surface area contributed by atoms with Gasteiger partial charge in [0.15, 0.2) is 11.6 Å². The van der Waals surface area contributed by atoms with Crippen molar-refractivity contribution in [2.45, 2.75) is 20.8 Å². The zero-order valence-corrected chi connectivity index (χ0v) is 9.98. The van der Waals surface area contributed by atoms with Crippen LogP contribution in [0.25, 0.3) is 5.82 Å². The van der Waals surface area contributed by atoms with Gasteiger partial charge in [0.1, 0.15) is 5.69 Å². The van der Waals surface area contributed by atoms with Crippen molar-refractivity contribution < 1.29 is 4.79 Å². The fourth-order valence-electron chi connectivity index (χ4n) is 1.92. The highest BCUT2D eigenvalue weighted by Crippen LogP contribution is 2.16. The molecule has 4 heteroatoms. The molecule has 0 saturated carbocycles. The molecule has 0 aliphatic carbocycles. The summed E-state index contributed by atoms with van der Waals surface area (Å²) >= 11 is 0. The first-order valence-electron chi connectivity index (χ1n) is 5.21. The highest BCUT2D eigenvalue weighted by Gasteiger charge is 2.12. The van der Waals surface area contributed by atoms with Crippen molar-refractivity contribution in [2.24, 2.45) is 7.05 Å². The smallest absolute Gasteiger partial charge is 0.177 e. The summed E-state index contributed by atoms with van der Waals surface area (Å²) in [5, 5.41) is 4.35. The molecule has 16 heavy (non-hydrogen) atoms. The zero-order valence-electron chi connectivity index (χ0n) is 9.98. The maximum absolute atomic E-state index is 11.3. The second kappa shape index (κ2) is 3.63. The summed E-state index contributed by atoms with van der Waals surface area (Å²) in [7, 11) is 1.79. The van der Waals surface area contributed by atoms with E-state index in [1.54, 1.807) is 18.7 Å². The Morgan fingerprint density at radius 3 is 2.25 bits per heavy atom. The number of nitrogens with zero attached hydrogens (tertiary/aromatic N) is 3. The van der Waals surface area contributed by atoms with Gasteiger partial charge in [0.2, 0.25) is 0 Å². The third kappa shape index (κ3) is 1.56. The Morgan fingerprint density at radius 2 is 1.81 bits per heavy atom. The van der Waals surface area contributed by atoms with Gasteiger partial charge in [0.25, 0.3) is 0 Å². The number of hydrogen-bond acceptors (Lipinski definition) is 2. The highest BCUT2D eigenvalue weighted by molar-refractivity contribution is 5.92. The van der Waals surface area contributed by atoms with Crippen LogP contribution in [0.15, 0.2) is 18.2 Å². The molecule has 2 aromatic heterocycles. The molecule has 84 valence electrons. The maximum atomic E-state index is 11.3. The fraction of sp³-hybridized carbons (Fsp3) is 0.333. The molecule has 0 saturated heterocycles. The van der Waals surface area contributed by atoms with Gasteiger partial charge in [0, 0.05) is 31.4 Å². The van der Waals surface area contributed by atoms with E-state index in [4.69, 9.17) is 0 Å². The van der Waals surface area contributed by atoms with Crippen LogP contribution >= 0.6 is 0 Å². The first-order valence-corrected chi connectivity index (χ1v) is 5.21. The number of Topliss-reactive ketones (excluding diaryl/α,β-unsaturated/α-hetero) is 1. The minimum absolute atomic E-state index is 0.0312. The summed E-state index contributed by atoms with van der Waals surface area (Å²) in [4.78, 5) is 11.3. The van der Waals surface area contributed by atoms with Crippen molar-refractivity contribution in [3.05, 3.63) is 35.3 Å². The number of carbonyl (C=O) groups is 1. The Balaban J connectivity index is 2.58. The van der Waals surface area contributed by atoms with Crippen molar-refractivity contribution in [3.63, 3.8) is 0 Å². The Kier molecular flexibility index (Phi) is 2.42. The largest absolute Gasteiger partial charge is 0.302 e. The van der Waals surface area contributed by atoms with E-state index >= 15 is 0 Å². The minimum atomic E-state index is 0.0312. The lowest BCUT2D eigenvalue weighted by Crippen LogP contribution is -2.03. The second-order valence-corrected chi connectivity index (χ2v) is 4.02. The molecule has 0 aliphatic heterocycles. The van der Waals surface area contributed by atoms with Crippen LogP contribution in [-0.2, 0) is 7.05 Å². The van der Waals surface area contributed by atoms with Gasteiger partial charge in [-0.05, 0) is 26.0 Å². The molecule has 2 rings (SSSR count). The van der Waals surface area contributed by atoms with Crippen molar-refractivity contribution in [1.82, 2.24) is 14.3 Å². The van der Waals surface area contributed by atoms with E-state index in [0.29, 0.717) is 5.69 Å². The average Bonchev–Trinajstić information content (AvgIpc) is 2.70. The van der Waals surface area contributed by atoms with Gasteiger partial charge in [-0.1, -0.05) is 0 Å². The molecular weight excluding hydrogens is 202 g/mol. The van der Waals surface area contributed by atoms with Crippen LogP contribution in [0.4, 0.5) is 0 Å². The Labute approximate surface area is 94.5 Å². The number of rotatable bonds is 2. The van der Waals surface area contributed by atoms with Crippen LogP contribution < -0.4 is 0 Å². The molecule has 4 nitrogen and oxygen atoms in total. The fourth-order valence-corrected chi connectivity index (χ4v) is 1.92. The number of aromatic nitrogens is 3. The third-order valence-corrected chi connectivity index (χ3v) is 2.73. The molecule has 2 aromatic rings. The van der Waals surface area contributed by atoms with E-state index < -0.39 is 0 Å². The van der Waals surface area contributed by atoms with E-state index in [1.807, 2.05) is 36.6 Å². The molecule has 0 aliphatic rings. The van der Waals surface area contributed by atoms with Crippen LogP contribution in [0, 0.1) is 13.8 Å². The molecular formula is C12H15N3O. The quantitative estimate of drug-likeness (QED) is 0.722. The molecule has 2 heterocycles. The number of carbonyl (C=O) groups excluding carboxylic acids is 1. The molecule has 0 aromatic carbocycles. The van der Waals surface area contributed by atoms with Crippen molar-refractivity contribution in [3.8, 4) is 5.82 Å². The van der Waals surface area contributed by atoms with Crippen LogP contribution in [0.2, 0.25) is 0 Å². The Hall–Kier alpha value is -1.84. The van der Waals surface area contributed by atoms with E-state index in [9.17, 15) is 4.79 Å². The van der Waals surface area contributed by atoms with Gasteiger partial charge in [-0.15, -0.1) is 0 Å². The molecule has 0 N–H and O–H groups in total. The SMILES string of the molecule is CC(=O)c1cc(-n2c(C)ccc2C)nn1C. The van der Waals surface area contributed by atoms with E-state index in [2.05, 4.69) is 5.10 Å². The first kappa shape index (κ1) is 10.7. The van der Waals surface area contributed by atoms with Crippen LogP contribution in [-0.4, -0.2) is 20.1 Å². The molecule has 0 fully saturated rings. The Morgan fingerprint density at radius 1 is 1.25 bits per heavy atom. The second-order valence-electron chi connectivity index (χ2n) is 4.02. The summed E-state index contributed by atoms with van der Waals surface area (Å²) in [5.41, 5.74) is 2.86. The molecule has 0 atom stereocenters. The monoisotopic (exact) mass is 217 g/mol. The van der Waals surface area contributed by atoms with Gasteiger partial charge in [-0.3, -0.25) is 9.48 Å². The average molecular weight is 217 g/mol. The maximum Gasteiger partial charge on any atom is 0.177 e. The van der Waals surface area contributed by atoms with E-state index in [-0.39, 0.29) is 5.78 Å². The summed E-state index contributed by atoms with van der Waals surface area (Å²) in [6, 6.07) is 5.90. The van der Waals surface area contributed by atoms with Crippen LogP contribution in [0.5, 0.6) is 0 Å². The Bertz CT molecular complexity index is 529. The summed E-state index contributed by atoms with van der Waals surface area (Å²) in [6.07, 6.45) is 0. The predicted octanol–water partition coefficient (Wildman–Crippen LogP) is 2.03. The van der Waals surface area contributed by atoms with Crippen molar-refractivity contribution >= 4 is 5.78 Å². The summed E-state index contributed by atoms with van der Waals surface area (Å²) < 4.78 is 3.66. The highest BCUT2D eigenvalue weighted by atomic mass is 16.1. The lowest BCUT2D eigenvalue weighted by molar-refractivity contribution is 0.100. The lowest BCUT2D eigenvalue weighted by Gasteiger charge is -2.03. The lowest BCUT2D eigenvalue weighted by atomic mass is 10.3. The van der Waals surface area contributed by atoms with Gasteiger partial charge >= 0.3 is 0 Å². The predicted molar refractivity (Wildman–Crippen MR) is 62.0 cm³/mol. The number of ketones is 1. The van der Waals surface area contributed by atoms with Gasteiger partial charge in [0.05, 0.1) is 0 Å². The standard InChI is InChI=1S/C12H15N3O/c1-8-5-6-9(2)15(8)12-7-11(10(3)16)14(4)13-12/h5-7H,1-4H3. The molecule has 0 spiro atoms. The van der Waals surface area contributed by atoms with Gasteiger partial charge < -0.3 is 4.57 Å². The normalized spacial score (nSPS) is 10.8. The minimum Gasteiger partial charge on any atom is -0.302 e. The summed E-state index contributed by atoms with van der Waals surface area (Å²) in [5.74, 6) is 0.830. The molecule has 0 amide bonds. The number of aryl methyl sites for hydroxylation is 3. The first-order chi connectivity index (χ1) is 7.50. The van der Waals surface area contributed by atoms with Gasteiger partial charge in [-0.25, -0.2) is 0 Å². The van der Waals surface area contributed by atoms with Gasteiger partial charge in [-0.2, -0.15) is 5.10 Å². The number of hydrogen-bond donors (Lipinski definition) is 0.